The van der Waals surface area contributed by atoms with Crippen LogP contribution in [0.1, 0.15) is 11.1 Å². The van der Waals surface area contributed by atoms with E-state index >= 15 is 0 Å². The third kappa shape index (κ3) is 3.72. The molecule has 0 amide bonds. The number of ether oxygens (including phenoxy) is 2. The maximum atomic E-state index is 9.19. The average molecular weight is 323 g/mol. The van der Waals surface area contributed by atoms with Crippen LogP contribution in [0, 0.1) is 0 Å². The first-order valence-electron chi connectivity index (χ1n) is 5.88. The first-order valence-corrected chi connectivity index (χ1v) is 6.67. The topological polar surface area (TPSA) is 38.7 Å². The van der Waals surface area contributed by atoms with Crippen molar-refractivity contribution in [3.8, 4) is 11.5 Å². The zero-order valence-electron chi connectivity index (χ0n) is 10.6. The number of aliphatic hydroxyl groups excluding tert-OH is 1. The van der Waals surface area contributed by atoms with Crippen molar-refractivity contribution in [3.05, 3.63) is 58.1 Å². The number of hydrogen-bond donors (Lipinski definition) is 1. The molecule has 0 unspecified atom stereocenters. The van der Waals surface area contributed by atoms with E-state index in [0.717, 1.165) is 27.1 Å². The van der Waals surface area contributed by atoms with Gasteiger partial charge in [-0.3, -0.25) is 0 Å². The molecule has 0 saturated heterocycles. The van der Waals surface area contributed by atoms with Crippen molar-refractivity contribution in [1.82, 2.24) is 0 Å². The average Bonchev–Trinajstić information content (AvgIpc) is 2.46. The summed E-state index contributed by atoms with van der Waals surface area (Å²) in [5.74, 6) is 1.54. The van der Waals surface area contributed by atoms with Crippen LogP contribution >= 0.6 is 15.9 Å². The first-order chi connectivity index (χ1) is 9.22. The Labute approximate surface area is 120 Å². The molecule has 0 aliphatic heterocycles. The molecule has 0 aromatic heterocycles. The van der Waals surface area contributed by atoms with Crippen molar-refractivity contribution < 1.29 is 14.6 Å². The van der Waals surface area contributed by atoms with E-state index in [9.17, 15) is 5.11 Å². The van der Waals surface area contributed by atoms with Crippen LogP contribution < -0.4 is 9.47 Å². The Balaban J connectivity index is 2.05. The molecular weight excluding hydrogens is 308 g/mol. The van der Waals surface area contributed by atoms with Gasteiger partial charge in [0, 0.05) is 4.47 Å². The van der Waals surface area contributed by atoms with Crippen LogP contribution in [0.5, 0.6) is 11.5 Å². The summed E-state index contributed by atoms with van der Waals surface area (Å²) in [4.78, 5) is 0. The molecule has 0 aliphatic carbocycles. The number of methoxy groups -OCH3 is 1. The highest BCUT2D eigenvalue weighted by atomic mass is 79.9. The molecule has 0 atom stereocenters. The molecule has 100 valence electrons. The molecule has 3 nitrogen and oxygen atoms in total. The van der Waals surface area contributed by atoms with Gasteiger partial charge in [0.05, 0.1) is 13.7 Å². The van der Waals surface area contributed by atoms with Crippen LogP contribution in [0.2, 0.25) is 0 Å². The SMILES string of the molecule is COc1cccc(COc2ccc(Br)c(CO)c2)c1. The van der Waals surface area contributed by atoms with Crippen molar-refractivity contribution in [3.63, 3.8) is 0 Å². The standard InChI is InChI=1S/C15H15BrO3/c1-18-13-4-2-3-11(7-13)10-19-14-5-6-15(16)12(8-14)9-17/h2-8,17H,9-10H2,1H3. The Kier molecular flexibility index (Phi) is 4.82. The number of halogens is 1. The molecule has 4 heteroatoms. The molecule has 0 saturated carbocycles. The summed E-state index contributed by atoms with van der Waals surface area (Å²) >= 11 is 3.37. The number of rotatable bonds is 5. The van der Waals surface area contributed by atoms with Gasteiger partial charge in [-0.15, -0.1) is 0 Å². The highest BCUT2D eigenvalue weighted by molar-refractivity contribution is 9.10. The lowest BCUT2D eigenvalue weighted by atomic mass is 10.2. The summed E-state index contributed by atoms with van der Waals surface area (Å²) in [7, 11) is 1.64. The Morgan fingerprint density at radius 2 is 1.95 bits per heavy atom. The molecule has 2 aromatic carbocycles. The van der Waals surface area contributed by atoms with Gasteiger partial charge in [-0.25, -0.2) is 0 Å². The smallest absolute Gasteiger partial charge is 0.120 e. The summed E-state index contributed by atoms with van der Waals surface area (Å²) < 4.78 is 11.7. The summed E-state index contributed by atoms with van der Waals surface area (Å²) in [6.45, 7) is 0.445. The second-order valence-electron chi connectivity index (χ2n) is 4.05. The molecular formula is C15H15BrO3. The van der Waals surface area contributed by atoms with Gasteiger partial charge in [-0.05, 0) is 41.5 Å². The molecule has 0 bridgehead atoms. The van der Waals surface area contributed by atoms with Crippen molar-refractivity contribution >= 4 is 15.9 Å². The zero-order valence-corrected chi connectivity index (χ0v) is 12.2. The summed E-state index contributed by atoms with van der Waals surface area (Å²) in [5, 5.41) is 9.19. The Morgan fingerprint density at radius 1 is 1.11 bits per heavy atom. The second kappa shape index (κ2) is 6.59. The van der Waals surface area contributed by atoms with E-state index < -0.39 is 0 Å². The van der Waals surface area contributed by atoms with Crippen LogP contribution in [-0.4, -0.2) is 12.2 Å². The minimum atomic E-state index is -0.0169. The predicted octanol–water partition coefficient (Wildman–Crippen LogP) is 3.53. The summed E-state index contributed by atoms with van der Waals surface area (Å²) in [6, 6.07) is 13.3. The molecule has 0 aliphatic rings. The quantitative estimate of drug-likeness (QED) is 0.915. The van der Waals surface area contributed by atoms with Crippen LogP contribution in [0.4, 0.5) is 0 Å². The van der Waals surface area contributed by atoms with Gasteiger partial charge in [0.1, 0.15) is 18.1 Å². The van der Waals surface area contributed by atoms with E-state index in [0.29, 0.717) is 6.61 Å². The third-order valence-electron chi connectivity index (χ3n) is 2.73. The van der Waals surface area contributed by atoms with E-state index in [1.165, 1.54) is 0 Å². The predicted molar refractivity (Wildman–Crippen MR) is 77.4 cm³/mol. The van der Waals surface area contributed by atoms with Gasteiger partial charge >= 0.3 is 0 Å². The molecule has 0 radical (unpaired) electrons. The molecule has 19 heavy (non-hydrogen) atoms. The van der Waals surface area contributed by atoms with E-state index in [1.54, 1.807) is 7.11 Å². The van der Waals surface area contributed by atoms with Crippen molar-refractivity contribution in [1.29, 1.82) is 0 Å². The summed E-state index contributed by atoms with van der Waals surface area (Å²) in [6.07, 6.45) is 0. The van der Waals surface area contributed by atoms with Crippen LogP contribution in [-0.2, 0) is 13.2 Å². The Bertz CT molecular complexity index is 555. The number of benzene rings is 2. The van der Waals surface area contributed by atoms with Gasteiger partial charge in [0.2, 0.25) is 0 Å². The molecule has 0 fully saturated rings. The van der Waals surface area contributed by atoms with Crippen molar-refractivity contribution in [2.45, 2.75) is 13.2 Å². The minimum Gasteiger partial charge on any atom is -0.497 e. The van der Waals surface area contributed by atoms with Gasteiger partial charge in [0.25, 0.3) is 0 Å². The first kappa shape index (κ1) is 13.9. The summed E-state index contributed by atoms with van der Waals surface area (Å²) in [5.41, 5.74) is 1.84. The second-order valence-corrected chi connectivity index (χ2v) is 4.91. The monoisotopic (exact) mass is 322 g/mol. The largest absolute Gasteiger partial charge is 0.497 e. The lowest BCUT2D eigenvalue weighted by Gasteiger charge is -2.09. The number of aliphatic hydroxyl groups is 1. The van der Waals surface area contributed by atoms with E-state index in [1.807, 2.05) is 42.5 Å². The van der Waals surface area contributed by atoms with Crippen molar-refractivity contribution in [2.24, 2.45) is 0 Å². The minimum absolute atomic E-state index is 0.0169. The number of hydrogen-bond acceptors (Lipinski definition) is 3. The molecule has 1 N–H and O–H groups in total. The maximum Gasteiger partial charge on any atom is 0.120 e. The van der Waals surface area contributed by atoms with Crippen LogP contribution in [0.25, 0.3) is 0 Å². The molecule has 2 aromatic rings. The van der Waals surface area contributed by atoms with Crippen LogP contribution in [0.3, 0.4) is 0 Å². The molecule has 0 spiro atoms. The van der Waals surface area contributed by atoms with Crippen molar-refractivity contribution in [2.75, 3.05) is 7.11 Å². The fourth-order valence-electron chi connectivity index (χ4n) is 1.69. The molecule has 2 rings (SSSR count). The fourth-order valence-corrected chi connectivity index (χ4v) is 2.06. The van der Waals surface area contributed by atoms with Gasteiger partial charge < -0.3 is 14.6 Å². The highest BCUT2D eigenvalue weighted by Gasteiger charge is 2.02. The van der Waals surface area contributed by atoms with E-state index in [4.69, 9.17) is 9.47 Å². The maximum absolute atomic E-state index is 9.19. The van der Waals surface area contributed by atoms with E-state index in [-0.39, 0.29) is 6.61 Å². The van der Waals surface area contributed by atoms with Crippen LogP contribution in [0.15, 0.2) is 46.9 Å². The lowest BCUT2D eigenvalue weighted by Crippen LogP contribution is -1.97. The highest BCUT2D eigenvalue weighted by Crippen LogP contribution is 2.23. The molecule has 0 heterocycles. The fraction of sp³-hybridized carbons (Fsp3) is 0.200. The van der Waals surface area contributed by atoms with Gasteiger partial charge in [0.15, 0.2) is 0 Å². The third-order valence-corrected chi connectivity index (χ3v) is 3.50. The normalized spacial score (nSPS) is 10.3. The zero-order chi connectivity index (χ0) is 13.7. The van der Waals surface area contributed by atoms with Gasteiger partial charge in [-0.1, -0.05) is 28.1 Å². The lowest BCUT2D eigenvalue weighted by molar-refractivity contribution is 0.277. The Hall–Kier alpha value is -1.52. The van der Waals surface area contributed by atoms with Gasteiger partial charge in [-0.2, -0.15) is 0 Å². The Morgan fingerprint density at radius 3 is 2.68 bits per heavy atom. The van der Waals surface area contributed by atoms with E-state index in [2.05, 4.69) is 15.9 Å².